The first-order valence-corrected chi connectivity index (χ1v) is 9.20. The lowest BCUT2D eigenvalue weighted by molar-refractivity contribution is 0.403. The number of alkyl halides is 1. The molecule has 0 spiro atoms. The van der Waals surface area contributed by atoms with Crippen LogP contribution in [0, 0.1) is 0 Å². The van der Waals surface area contributed by atoms with Gasteiger partial charge in [0.05, 0.1) is 5.02 Å². The molecule has 0 aromatic heterocycles. The predicted octanol–water partition coefficient (Wildman–Crippen LogP) is 4.30. The zero-order valence-corrected chi connectivity index (χ0v) is 14.2. The summed E-state index contributed by atoms with van der Waals surface area (Å²) in [5, 5.41) is 0.531. The molecule has 1 aliphatic rings. The van der Waals surface area contributed by atoms with Gasteiger partial charge in [-0.3, -0.25) is 0 Å². The van der Waals surface area contributed by atoms with Crippen molar-refractivity contribution in [3.8, 4) is 0 Å². The van der Waals surface area contributed by atoms with Crippen LogP contribution in [-0.2, 0) is 15.9 Å². The van der Waals surface area contributed by atoms with Crippen LogP contribution in [0.4, 0.5) is 0 Å². The Kier molecular flexibility index (Phi) is 5.24. The molecule has 7 heteroatoms. The first-order valence-electron chi connectivity index (χ1n) is 6.47. The lowest BCUT2D eigenvalue weighted by Crippen LogP contribution is -2.34. The quantitative estimate of drug-likeness (QED) is 0.713. The minimum absolute atomic E-state index is 0.0968. The summed E-state index contributed by atoms with van der Waals surface area (Å²) in [6.45, 7) is 2.46. The van der Waals surface area contributed by atoms with E-state index in [1.165, 1.54) is 12.1 Å². The van der Waals surface area contributed by atoms with Gasteiger partial charge in [-0.25, -0.2) is 8.42 Å². The highest BCUT2D eigenvalue weighted by molar-refractivity contribution is 7.89. The fourth-order valence-corrected chi connectivity index (χ4v) is 4.99. The van der Waals surface area contributed by atoms with Gasteiger partial charge in [-0.1, -0.05) is 30.1 Å². The van der Waals surface area contributed by atoms with Crippen molar-refractivity contribution < 1.29 is 8.42 Å². The fourth-order valence-electron chi connectivity index (χ4n) is 2.08. The van der Waals surface area contributed by atoms with Crippen molar-refractivity contribution in [1.29, 1.82) is 0 Å². The van der Waals surface area contributed by atoms with Crippen LogP contribution in [0.3, 0.4) is 0 Å². The van der Waals surface area contributed by atoms with Gasteiger partial charge in [-0.2, -0.15) is 4.31 Å². The van der Waals surface area contributed by atoms with Crippen molar-refractivity contribution in [2.75, 3.05) is 6.54 Å². The summed E-state index contributed by atoms with van der Waals surface area (Å²) in [5.41, 5.74) is 0.573. The van der Waals surface area contributed by atoms with Crippen LogP contribution in [0.5, 0.6) is 0 Å². The standard InChI is InChI=1S/C13H16Cl3NO2S/c1-2-5-17(10-3-4-10)20(18,19)13-6-9(8-14)11(15)7-12(13)16/h6-7,10H,2-5,8H2,1H3. The lowest BCUT2D eigenvalue weighted by atomic mass is 10.2. The molecule has 112 valence electrons. The number of hydrogen-bond donors (Lipinski definition) is 0. The van der Waals surface area contributed by atoms with E-state index in [-0.39, 0.29) is 21.8 Å². The summed E-state index contributed by atoms with van der Waals surface area (Å²) >= 11 is 17.9. The lowest BCUT2D eigenvalue weighted by Gasteiger charge is -2.22. The van der Waals surface area contributed by atoms with Gasteiger partial charge in [0.15, 0.2) is 0 Å². The molecular weight excluding hydrogens is 341 g/mol. The van der Waals surface area contributed by atoms with Crippen molar-refractivity contribution in [3.05, 3.63) is 27.7 Å². The molecule has 0 radical (unpaired) electrons. The molecule has 1 aliphatic carbocycles. The number of halogens is 3. The highest BCUT2D eigenvalue weighted by Gasteiger charge is 2.38. The molecular formula is C13H16Cl3NO2S. The van der Waals surface area contributed by atoms with Crippen LogP contribution < -0.4 is 0 Å². The molecule has 3 nitrogen and oxygen atoms in total. The van der Waals surface area contributed by atoms with E-state index in [2.05, 4.69) is 0 Å². The van der Waals surface area contributed by atoms with Gasteiger partial charge in [0.2, 0.25) is 10.0 Å². The summed E-state index contributed by atoms with van der Waals surface area (Å²) in [5.74, 6) is 0.149. The molecule has 0 heterocycles. The molecule has 20 heavy (non-hydrogen) atoms. The molecule has 1 saturated carbocycles. The van der Waals surface area contributed by atoms with Crippen LogP contribution >= 0.6 is 34.8 Å². The Balaban J connectivity index is 2.47. The van der Waals surface area contributed by atoms with Gasteiger partial charge < -0.3 is 0 Å². The van der Waals surface area contributed by atoms with E-state index < -0.39 is 10.0 Å². The molecule has 0 N–H and O–H groups in total. The van der Waals surface area contributed by atoms with Crippen LogP contribution in [0.25, 0.3) is 0 Å². The molecule has 0 unspecified atom stereocenters. The van der Waals surface area contributed by atoms with E-state index in [1.54, 1.807) is 4.31 Å². The molecule has 0 bridgehead atoms. The predicted molar refractivity (Wildman–Crippen MR) is 83.2 cm³/mol. The second kappa shape index (κ2) is 6.41. The van der Waals surface area contributed by atoms with Crippen molar-refractivity contribution in [2.45, 2.75) is 43.0 Å². The van der Waals surface area contributed by atoms with Gasteiger partial charge in [0, 0.05) is 23.5 Å². The Morgan fingerprint density at radius 1 is 1.25 bits per heavy atom. The zero-order chi connectivity index (χ0) is 14.9. The van der Waals surface area contributed by atoms with Crippen molar-refractivity contribution >= 4 is 44.8 Å². The summed E-state index contributed by atoms with van der Waals surface area (Å²) in [4.78, 5) is 0.0968. The molecule has 0 saturated heterocycles. The average Bonchev–Trinajstić information content (AvgIpc) is 3.19. The van der Waals surface area contributed by atoms with Gasteiger partial charge in [-0.15, -0.1) is 11.6 Å². The SMILES string of the molecule is CCCN(C1CC1)S(=O)(=O)c1cc(CCl)c(Cl)cc1Cl. The maximum absolute atomic E-state index is 12.8. The highest BCUT2D eigenvalue weighted by Crippen LogP contribution is 2.36. The van der Waals surface area contributed by atoms with Crippen LogP contribution in [0.1, 0.15) is 31.7 Å². The maximum atomic E-state index is 12.8. The smallest absolute Gasteiger partial charge is 0.207 e. The summed E-state index contributed by atoms with van der Waals surface area (Å²) in [7, 11) is -3.60. The van der Waals surface area contributed by atoms with Crippen LogP contribution in [-0.4, -0.2) is 25.3 Å². The number of benzene rings is 1. The third-order valence-corrected chi connectivity index (χ3v) is 6.29. The Morgan fingerprint density at radius 2 is 1.90 bits per heavy atom. The van der Waals surface area contributed by atoms with Gasteiger partial charge in [0.25, 0.3) is 0 Å². The summed E-state index contributed by atoms with van der Waals surface area (Å²) in [6.07, 6.45) is 2.59. The molecule has 1 fully saturated rings. The average molecular weight is 357 g/mol. The normalized spacial score (nSPS) is 15.8. The summed E-state index contributed by atoms with van der Waals surface area (Å²) < 4.78 is 27.1. The molecule has 2 rings (SSSR count). The molecule has 1 aromatic rings. The monoisotopic (exact) mass is 355 g/mol. The third kappa shape index (κ3) is 3.25. The van der Waals surface area contributed by atoms with Crippen molar-refractivity contribution in [1.82, 2.24) is 4.31 Å². The first-order chi connectivity index (χ1) is 9.41. The van der Waals surface area contributed by atoms with Crippen LogP contribution in [0.2, 0.25) is 10.0 Å². The molecule has 1 aromatic carbocycles. The Bertz CT molecular complexity index is 600. The topological polar surface area (TPSA) is 37.4 Å². The van der Waals surface area contributed by atoms with E-state index in [0.717, 1.165) is 19.3 Å². The number of rotatable bonds is 6. The van der Waals surface area contributed by atoms with Crippen molar-refractivity contribution in [3.63, 3.8) is 0 Å². The highest BCUT2D eigenvalue weighted by atomic mass is 35.5. The van der Waals surface area contributed by atoms with E-state index in [1.807, 2.05) is 6.92 Å². The van der Waals surface area contributed by atoms with E-state index in [0.29, 0.717) is 17.1 Å². The van der Waals surface area contributed by atoms with E-state index >= 15 is 0 Å². The van der Waals surface area contributed by atoms with Crippen molar-refractivity contribution in [2.24, 2.45) is 0 Å². The molecule has 0 atom stereocenters. The molecule has 0 amide bonds. The number of nitrogens with zero attached hydrogens (tertiary/aromatic N) is 1. The fraction of sp³-hybridized carbons (Fsp3) is 0.538. The Hall–Kier alpha value is -0.000000000000000111. The Labute approximate surface area is 134 Å². The molecule has 0 aliphatic heterocycles. The summed E-state index contributed by atoms with van der Waals surface area (Å²) in [6, 6.07) is 3.04. The second-order valence-corrected chi connectivity index (χ2v) is 7.80. The van der Waals surface area contributed by atoms with Gasteiger partial charge >= 0.3 is 0 Å². The maximum Gasteiger partial charge on any atom is 0.244 e. The minimum atomic E-state index is -3.60. The largest absolute Gasteiger partial charge is 0.244 e. The van der Waals surface area contributed by atoms with E-state index in [9.17, 15) is 8.42 Å². The number of sulfonamides is 1. The minimum Gasteiger partial charge on any atom is -0.207 e. The Morgan fingerprint density at radius 3 is 2.40 bits per heavy atom. The third-order valence-electron chi connectivity index (χ3n) is 3.23. The van der Waals surface area contributed by atoms with Gasteiger partial charge in [-0.05, 0) is 37.0 Å². The zero-order valence-electron chi connectivity index (χ0n) is 11.1. The van der Waals surface area contributed by atoms with Gasteiger partial charge in [0.1, 0.15) is 4.90 Å². The van der Waals surface area contributed by atoms with E-state index in [4.69, 9.17) is 34.8 Å². The first kappa shape index (κ1) is 16.4. The van der Waals surface area contributed by atoms with Crippen LogP contribution in [0.15, 0.2) is 17.0 Å². The second-order valence-electron chi connectivity index (χ2n) is 4.85. The number of hydrogen-bond acceptors (Lipinski definition) is 2.